The van der Waals surface area contributed by atoms with Crippen LogP contribution in [0.3, 0.4) is 0 Å². The predicted octanol–water partition coefficient (Wildman–Crippen LogP) is 17.3. The van der Waals surface area contributed by atoms with Crippen molar-refractivity contribution in [3.63, 3.8) is 0 Å². The number of carbonyl (C=O) groups excluding carboxylic acids is 2. The zero-order valence-electron chi connectivity index (χ0n) is 62.4. The van der Waals surface area contributed by atoms with E-state index >= 15 is 4.79 Å². The highest BCUT2D eigenvalue weighted by atomic mass is 16.6. The average Bonchev–Trinajstić information content (AvgIpc) is 0.767. The Kier molecular flexibility index (Phi) is 24.2. The molecule has 15 rings (SSSR count). The molecule has 21 heteroatoms. The predicted molar refractivity (Wildman–Crippen MR) is 429 cm³/mol. The van der Waals surface area contributed by atoms with Crippen molar-refractivity contribution in [3.05, 3.63) is 363 Å². The molecule has 2 heterocycles. The standard InChI is InChI=1S/C72H63NO9.C22H19NO10/c1-51-37-63(75-44-52-23-9-2-10-24-52)61-43-62(73-72(74)60-41-67(78-47-55-29-15-5-16-30-55)71(81-50-58-35-21-8-22-36-58)68(42-60)79-48-56-31-17-6-18-32-56)69(82-64(61)38-51)59-39-65(76-45-53-25-11-3-12-26-53)70(80-49-57-33-19-7-20-34-57)66(40-59)77-46-54-27-13-4-14-28-54;24-10-5-13(25)11-7-12(23-22(32)9-3-16(28)20(31)17(29)4-9)21(33-18(11)6-10)8-1-14(26)19(30)15(27)2-8/h2-42,62,69H,43-50H2,1H3,(H,73,74);1-6,12,21,24-31H,7H2,(H,23,32)/t62-,69-;12-,21-/m11/s1. The summed E-state index contributed by atoms with van der Waals surface area (Å²) in [6.45, 7) is 3.75. The topological polar surface area (TPSA) is 303 Å². The van der Waals surface area contributed by atoms with E-state index in [1.165, 1.54) is 6.07 Å². The van der Waals surface area contributed by atoms with Crippen molar-refractivity contribution in [2.45, 2.75) is 90.3 Å². The van der Waals surface area contributed by atoms with Crippen molar-refractivity contribution in [1.29, 1.82) is 0 Å². The van der Waals surface area contributed by atoms with Gasteiger partial charge in [0, 0.05) is 58.4 Å². The van der Waals surface area contributed by atoms with Crippen LogP contribution < -0.4 is 53.3 Å². The Hall–Kier alpha value is -14.6. The molecular weight excluding hydrogens is 1460 g/mol. The first kappa shape index (κ1) is 77.1. The first-order chi connectivity index (χ1) is 56.0. The Bertz CT molecular complexity index is 5340. The maximum atomic E-state index is 15.5. The van der Waals surface area contributed by atoms with Crippen LogP contribution in [-0.2, 0) is 59.1 Å². The molecule has 2 aliphatic rings. The van der Waals surface area contributed by atoms with Crippen LogP contribution in [0, 0.1) is 6.92 Å². The number of nitrogens with one attached hydrogen (secondary N) is 2. The number of ether oxygens (including phenoxy) is 9. The zero-order valence-corrected chi connectivity index (χ0v) is 62.4. The summed E-state index contributed by atoms with van der Waals surface area (Å²) in [7, 11) is 0. The average molecular weight is 1540 g/mol. The van der Waals surface area contributed by atoms with Crippen molar-refractivity contribution in [2.24, 2.45) is 0 Å². The van der Waals surface area contributed by atoms with Crippen LogP contribution in [0.2, 0.25) is 0 Å². The van der Waals surface area contributed by atoms with Crippen molar-refractivity contribution < 1.29 is 93.1 Å². The minimum Gasteiger partial charge on any atom is -0.508 e. The van der Waals surface area contributed by atoms with E-state index in [9.17, 15) is 45.6 Å². The normalized spacial score (nSPS) is 14.4. The molecule has 0 aliphatic carbocycles. The van der Waals surface area contributed by atoms with Crippen LogP contribution in [0.25, 0.3) is 0 Å². The number of aryl methyl sites for hydroxylation is 1. The SMILES string of the molecule is Cc1cc(OCc2ccccc2)c2c(c1)O[C@H](c1cc(OCc3ccccc3)c(OCc3ccccc3)c(OCc3ccccc3)c1)[C@H](NC(=O)c1cc(OCc3ccccc3)c(OCc3ccccc3)c(OCc3ccccc3)c1)C2.O=C(N[C@@H]1Cc2c(O)cc(O)cc2O[C@@H]1c1cc(O)c(O)c(O)c1)c1cc(O)c(O)c(O)c1. The highest BCUT2D eigenvalue weighted by molar-refractivity contribution is 5.96. The maximum Gasteiger partial charge on any atom is 0.251 e. The Morgan fingerprint density at radius 1 is 0.322 bits per heavy atom. The van der Waals surface area contributed by atoms with E-state index in [1.54, 1.807) is 12.1 Å². The summed E-state index contributed by atoms with van der Waals surface area (Å²) < 4.78 is 60.0. The van der Waals surface area contributed by atoms with E-state index in [0.717, 1.165) is 80.4 Å². The van der Waals surface area contributed by atoms with Gasteiger partial charge in [-0.2, -0.15) is 0 Å². The van der Waals surface area contributed by atoms with E-state index in [0.29, 0.717) is 64.6 Å². The molecule has 0 fully saturated rings. The van der Waals surface area contributed by atoms with Crippen LogP contribution in [0.15, 0.2) is 285 Å². The lowest BCUT2D eigenvalue weighted by Gasteiger charge is -2.36. The largest absolute Gasteiger partial charge is 0.508 e. The molecule has 0 radical (unpaired) electrons. The number of amides is 2. The number of carbonyl (C=O) groups is 2. The van der Waals surface area contributed by atoms with Crippen LogP contribution in [-0.4, -0.2) is 64.8 Å². The lowest BCUT2D eigenvalue weighted by molar-refractivity contribution is 0.0830. The van der Waals surface area contributed by atoms with Crippen LogP contribution in [0.5, 0.6) is 97.7 Å². The van der Waals surface area contributed by atoms with Gasteiger partial charge in [0.05, 0.1) is 12.1 Å². The Morgan fingerprint density at radius 3 is 0.983 bits per heavy atom. The van der Waals surface area contributed by atoms with Crippen molar-refractivity contribution in [2.75, 3.05) is 0 Å². The van der Waals surface area contributed by atoms with E-state index < -0.39 is 70.6 Å². The summed E-state index contributed by atoms with van der Waals surface area (Å²) in [5.74, 6) is -2.24. The number of fused-ring (bicyclic) bond motifs is 2. The van der Waals surface area contributed by atoms with Gasteiger partial charge in [-0.1, -0.05) is 212 Å². The second-order valence-corrected chi connectivity index (χ2v) is 27.7. The Labute approximate surface area is 663 Å². The molecule has 2 amide bonds. The second kappa shape index (κ2) is 36.0. The third-order valence-corrected chi connectivity index (χ3v) is 19.2. The number of phenolic OH excluding ortho intramolecular Hbond substituents is 8. The lowest BCUT2D eigenvalue weighted by atomic mass is 9.90. The zero-order chi connectivity index (χ0) is 79.7. The number of hydrogen-bond donors (Lipinski definition) is 10. The molecule has 21 nitrogen and oxygen atoms in total. The molecule has 2 aliphatic heterocycles. The summed E-state index contributed by atoms with van der Waals surface area (Å²) >= 11 is 0. The van der Waals surface area contributed by atoms with E-state index in [1.807, 2.05) is 244 Å². The second-order valence-electron chi connectivity index (χ2n) is 27.7. The molecule has 0 saturated heterocycles. The third kappa shape index (κ3) is 19.4. The first-order valence-corrected chi connectivity index (χ1v) is 37.1. The van der Waals surface area contributed by atoms with E-state index in [4.69, 9.17) is 42.6 Å². The van der Waals surface area contributed by atoms with Gasteiger partial charge < -0.3 is 94.1 Å². The summed E-state index contributed by atoms with van der Waals surface area (Å²) in [4.78, 5) is 28.3. The van der Waals surface area contributed by atoms with Gasteiger partial charge in [0.15, 0.2) is 57.5 Å². The molecule has 582 valence electrons. The Balaban J connectivity index is 0.000000275. The number of hydrogen-bond acceptors (Lipinski definition) is 19. The number of rotatable bonds is 27. The molecule has 0 aromatic heterocycles. The summed E-state index contributed by atoms with van der Waals surface area (Å²) in [5, 5.41) is 84.5. The molecule has 4 atom stereocenters. The fourth-order valence-corrected chi connectivity index (χ4v) is 13.4. The Morgan fingerprint density at radius 2 is 0.617 bits per heavy atom. The van der Waals surface area contributed by atoms with E-state index in [2.05, 4.69) is 10.6 Å². The maximum absolute atomic E-state index is 15.5. The van der Waals surface area contributed by atoms with E-state index in [-0.39, 0.29) is 85.6 Å². The van der Waals surface area contributed by atoms with Gasteiger partial charge in [-0.15, -0.1) is 0 Å². The quantitative estimate of drug-likeness (QED) is 0.0214. The molecule has 13 aromatic carbocycles. The minimum absolute atomic E-state index is 0.0176. The molecular formula is C94H82N2O19. The minimum atomic E-state index is -1.07. The first-order valence-electron chi connectivity index (χ1n) is 37.1. The monoisotopic (exact) mass is 1540 g/mol. The molecule has 0 bridgehead atoms. The summed E-state index contributed by atoms with van der Waals surface area (Å²) in [6.07, 6.45) is -1.55. The highest BCUT2D eigenvalue weighted by Crippen LogP contribution is 2.49. The smallest absolute Gasteiger partial charge is 0.251 e. The summed E-state index contributed by atoms with van der Waals surface area (Å²) in [6, 6.07) is 85.9. The van der Waals surface area contributed by atoms with Crippen molar-refractivity contribution in [3.8, 4) is 97.7 Å². The number of phenols is 8. The molecule has 115 heavy (non-hydrogen) atoms. The van der Waals surface area contributed by atoms with Crippen LogP contribution in [0.1, 0.15) is 99.7 Å². The van der Waals surface area contributed by atoms with Crippen molar-refractivity contribution in [1.82, 2.24) is 10.6 Å². The van der Waals surface area contributed by atoms with Gasteiger partial charge >= 0.3 is 0 Å². The van der Waals surface area contributed by atoms with Gasteiger partial charge in [-0.3, -0.25) is 9.59 Å². The van der Waals surface area contributed by atoms with Gasteiger partial charge in [-0.25, -0.2) is 0 Å². The fraction of sp³-hybridized carbons (Fsp3) is 0.149. The van der Waals surface area contributed by atoms with Gasteiger partial charge in [-0.05, 0) is 112 Å². The third-order valence-electron chi connectivity index (χ3n) is 19.2. The molecule has 0 spiro atoms. The lowest BCUT2D eigenvalue weighted by Crippen LogP contribution is -2.45. The molecule has 0 unspecified atom stereocenters. The van der Waals surface area contributed by atoms with Crippen LogP contribution >= 0.6 is 0 Å². The molecule has 10 N–H and O–H groups in total. The summed E-state index contributed by atoms with van der Waals surface area (Å²) in [5.41, 5.74) is 9.72. The van der Waals surface area contributed by atoms with Gasteiger partial charge in [0.25, 0.3) is 11.8 Å². The van der Waals surface area contributed by atoms with Gasteiger partial charge in [0.1, 0.15) is 87.2 Å². The van der Waals surface area contributed by atoms with Crippen molar-refractivity contribution >= 4 is 11.8 Å². The molecule has 13 aromatic rings. The fourth-order valence-electron chi connectivity index (χ4n) is 13.4. The van der Waals surface area contributed by atoms with Gasteiger partial charge in [0.2, 0.25) is 11.5 Å². The highest BCUT2D eigenvalue weighted by Gasteiger charge is 2.39. The van der Waals surface area contributed by atoms with Crippen LogP contribution in [0.4, 0.5) is 0 Å². The number of benzene rings is 13. The number of aromatic hydroxyl groups is 8. The molecule has 0 saturated carbocycles.